The van der Waals surface area contributed by atoms with Crippen molar-refractivity contribution in [1.29, 1.82) is 0 Å². The van der Waals surface area contributed by atoms with Gasteiger partial charge in [0.1, 0.15) is 0 Å². The summed E-state index contributed by atoms with van der Waals surface area (Å²) in [6.45, 7) is 3.23. The highest BCUT2D eigenvalue weighted by atomic mass is 19.4. The number of nitrogens with one attached hydrogen (secondary N) is 1. The summed E-state index contributed by atoms with van der Waals surface area (Å²) < 4.78 is 67.4. The molecule has 1 unspecified atom stereocenters. The van der Waals surface area contributed by atoms with Crippen LogP contribution in [-0.2, 0) is 29.7 Å². The number of carboxylic acids is 2. The van der Waals surface area contributed by atoms with E-state index in [-0.39, 0.29) is 11.9 Å². The number of hydrogen-bond donors (Lipinski definition) is 3. The number of rotatable bonds is 6. The molecule has 1 amide bonds. The molecule has 0 radical (unpaired) electrons. The molecule has 0 fully saturated rings. The summed E-state index contributed by atoms with van der Waals surface area (Å²) in [5, 5.41) is 26.0. The molecule has 0 saturated heterocycles. The average molecular weight is 593 g/mol. The zero-order chi connectivity index (χ0) is 30.8. The fourth-order valence-corrected chi connectivity index (χ4v) is 3.57. The van der Waals surface area contributed by atoms with E-state index in [0.717, 1.165) is 26.1 Å². The normalized spacial score (nSPS) is 15.0. The molecule has 4 rings (SSSR count). The number of amides is 1. The number of fused-ring (bicyclic) bond motifs is 1. The van der Waals surface area contributed by atoms with E-state index < -0.39 is 24.3 Å². The molecule has 0 aromatic carbocycles. The quantitative estimate of drug-likeness (QED) is 0.366. The van der Waals surface area contributed by atoms with E-state index in [1.54, 1.807) is 24.5 Å². The smallest absolute Gasteiger partial charge is 0.475 e. The molecule has 12 nitrogen and oxygen atoms in total. The molecule has 3 aromatic heterocycles. The van der Waals surface area contributed by atoms with E-state index in [4.69, 9.17) is 19.8 Å². The van der Waals surface area contributed by atoms with Gasteiger partial charge in [-0.1, -0.05) is 0 Å². The van der Waals surface area contributed by atoms with Crippen LogP contribution >= 0.6 is 0 Å². The fourth-order valence-electron chi connectivity index (χ4n) is 3.57. The van der Waals surface area contributed by atoms with Gasteiger partial charge in [0.05, 0.1) is 17.9 Å². The maximum absolute atomic E-state index is 12.2. The number of alkyl halides is 6. The highest BCUT2D eigenvalue weighted by molar-refractivity contribution is 5.93. The molecule has 1 aliphatic heterocycles. The molecule has 0 spiro atoms. The molecule has 0 bridgehead atoms. The molecule has 1 aliphatic rings. The van der Waals surface area contributed by atoms with Crippen LogP contribution in [0.4, 0.5) is 26.3 Å². The van der Waals surface area contributed by atoms with Crippen LogP contribution in [0.2, 0.25) is 0 Å². The number of hydrogen-bond acceptors (Lipinski definition) is 7. The minimum absolute atomic E-state index is 0.0684. The van der Waals surface area contributed by atoms with Crippen molar-refractivity contribution in [2.24, 2.45) is 7.05 Å². The zero-order valence-electron chi connectivity index (χ0n) is 21.3. The minimum Gasteiger partial charge on any atom is -0.475 e. The number of aliphatic carboxylic acids is 2. The van der Waals surface area contributed by atoms with Gasteiger partial charge in [0.25, 0.3) is 5.91 Å². The van der Waals surface area contributed by atoms with Crippen LogP contribution < -0.4 is 5.32 Å². The second-order valence-electron chi connectivity index (χ2n) is 8.50. The second kappa shape index (κ2) is 14.2. The summed E-state index contributed by atoms with van der Waals surface area (Å²) in [4.78, 5) is 36.3. The van der Waals surface area contributed by atoms with E-state index in [1.165, 1.54) is 11.3 Å². The van der Waals surface area contributed by atoms with Crippen molar-refractivity contribution in [3.63, 3.8) is 0 Å². The number of carbonyl (C=O) groups is 3. The predicted molar refractivity (Wildman–Crippen MR) is 127 cm³/mol. The second-order valence-corrected chi connectivity index (χ2v) is 8.50. The Balaban J connectivity index is 0.000000349. The Labute approximate surface area is 228 Å². The average Bonchev–Trinajstić information content (AvgIpc) is 3.53. The van der Waals surface area contributed by atoms with E-state index in [9.17, 15) is 31.1 Å². The SMILES string of the molecule is Cn1cc(CN2Cc3ccnn3C(CCNC(=O)c3ccncc3)C2)cn1.O=C(O)C(F)(F)F.O=C(O)C(F)(F)F. The van der Waals surface area contributed by atoms with E-state index in [2.05, 4.69) is 42.3 Å². The van der Waals surface area contributed by atoms with Crippen molar-refractivity contribution in [1.82, 2.24) is 34.8 Å². The summed E-state index contributed by atoms with van der Waals surface area (Å²) in [7, 11) is 1.93. The molecule has 1 atom stereocenters. The van der Waals surface area contributed by atoms with E-state index in [0.29, 0.717) is 12.1 Å². The van der Waals surface area contributed by atoms with Crippen LogP contribution in [0.15, 0.2) is 49.2 Å². The van der Waals surface area contributed by atoms with Gasteiger partial charge in [-0.3, -0.25) is 24.0 Å². The van der Waals surface area contributed by atoms with Crippen LogP contribution in [0.3, 0.4) is 0 Å². The topological polar surface area (TPSA) is 155 Å². The molecule has 18 heteroatoms. The Hall–Kier alpha value is -4.48. The summed E-state index contributed by atoms with van der Waals surface area (Å²) in [6.07, 6.45) is -0.267. The first-order chi connectivity index (χ1) is 19.1. The number of pyridine rings is 1. The zero-order valence-corrected chi connectivity index (χ0v) is 21.3. The van der Waals surface area contributed by atoms with Gasteiger partial charge in [0.15, 0.2) is 0 Å². The standard InChI is InChI=1S/C19H23N7O.2C2HF3O2/c1-24-11-15(10-23-24)12-25-13-17(26-18(14-25)5-9-22-26)4-8-21-19(27)16-2-6-20-7-3-16;2*3-2(4,5)1(6)7/h2-3,5-7,9-11,17H,4,8,12-14H2,1H3,(H,21,27);2*(H,6,7). The number of aromatic nitrogens is 5. The molecular formula is C23H25F6N7O5. The maximum atomic E-state index is 12.2. The van der Waals surface area contributed by atoms with Gasteiger partial charge in [-0.25, -0.2) is 9.59 Å². The van der Waals surface area contributed by atoms with Crippen molar-refractivity contribution in [2.75, 3.05) is 13.1 Å². The lowest BCUT2D eigenvalue weighted by Gasteiger charge is -2.33. The fraction of sp³-hybridized carbons (Fsp3) is 0.391. The van der Waals surface area contributed by atoms with Crippen LogP contribution in [0.1, 0.15) is 34.1 Å². The van der Waals surface area contributed by atoms with Gasteiger partial charge in [-0.15, -0.1) is 0 Å². The summed E-state index contributed by atoms with van der Waals surface area (Å²) in [5.74, 6) is -5.58. The number of aryl methyl sites for hydroxylation is 1. The molecular weight excluding hydrogens is 568 g/mol. The lowest BCUT2D eigenvalue weighted by molar-refractivity contribution is -0.193. The Morgan fingerprint density at radius 1 is 0.976 bits per heavy atom. The summed E-state index contributed by atoms with van der Waals surface area (Å²) >= 11 is 0. The van der Waals surface area contributed by atoms with Crippen molar-refractivity contribution >= 4 is 17.8 Å². The number of carbonyl (C=O) groups excluding carboxylic acids is 1. The Morgan fingerprint density at radius 2 is 1.56 bits per heavy atom. The predicted octanol–water partition coefficient (Wildman–Crippen LogP) is 2.66. The number of carboxylic acid groups (broad SMARTS) is 2. The van der Waals surface area contributed by atoms with Gasteiger partial charge in [-0.2, -0.15) is 36.5 Å². The lowest BCUT2D eigenvalue weighted by atomic mass is 10.1. The Morgan fingerprint density at radius 3 is 2.07 bits per heavy atom. The molecule has 3 N–H and O–H groups in total. The molecule has 3 aromatic rings. The summed E-state index contributed by atoms with van der Waals surface area (Å²) in [5.41, 5.74) is 3.04. The molecule has 41 heavy (non-hydrogen) atoms. The third kappa shape index (κ3) is 10.9. The van der Waals surface area contributed by atoms with E-state index in [1.807, 2.05) is 24.1 Å². The number of halogens is 6. The maximum Gasteiger partial charge on any atom is 0.490 e. The summed E-state index contributed by atoms with van der Waals surface area (Å²) in [6, 6.07) is 5.74. The molecule has 224 valence electrons. The molecule has 0 aliphatic carbocycles. The largest absolute Gasteiger partial charge is 0.490 e. The highest BCUT2D eigenvalue weighted by Gasteiger charge is 2.38. The van der Waals surface area contributed by atoms with Crippen molar-refractivity contribution < 1.29 is 50.9 Å². The Kier molecular flexibility index (Phi) is 11.4. The third-order valence-corrected chi connectivity index (χ3v) is 5.31. The van der Waals surface area contributed by atoms with Gasteiger partial charge < -0.3 is 15.5 Å². The Bertz CT molecular complexity index is 1270. The van der Waals surface area contributed by atoms with Crippen molar-refractivity contribution in [3.8, 4) is 0 Å². The molecule has 0 saturated carbocycles. The van der Waals surface area contributed by atoms with E-state index >= 15 is 0 Å². The van der Waals surface area contributed by atoms with Crippen LogP contribution in [0, 0.1) is 0 Å². The van der Waals surface area contributed by atoms with Crippen LogP contribution in [0.5, 0.6) is 0 Å². The van der Waals surface area contributed by atoms with Gasteiger partial charge >= 0.3 is 24.3 Å². The van der Waals surface area contributed by atoms with Crippen molar-refractivity contribution in [3.05, 3.63) is 66.0 Å². The lowest BCUT2D eigenvalue weighted by Crippen LogP contribution is -2.38. The van der Waals surface area contributed by atoms with Gasteiger partial charge in [-0.05, 0) is 24.6 Å². The minimum atomic E-state index is -5.08. The monoisotopic (exact) mass is 593 g/mol. The highest BCUT2D eigenvalue weighted by Crippen LogP contribution is 2.24. The first kappa shape index (κ1) is 32.7. The number of nitrogens with zero attached hydrogens (tertiary/aromatic N) is 6. The first-order valence-corrected chi connectivity index (χ1v) is 11.6. The first-order valence-electron chi connectivity index (χ1n) is 11.6. The van der Waals surface area contributed by atoms with Gasteiger partial charge in [0.2, 0.25) is 0 Å². The third-order valence-electron chi connectivity index (χ3n) is 5.31. The van der Waals surface area contributed by atoms with Gasteiger partial charge in [0, 0.05) is 69.1 Å². The molecule has 4 heterocycles. The van der Waals surface area contributed by atoms with Crippen molar-refractivity contribution in [2.45, 2.75) is 37.9 Å². The van der Waals surface area contributed by atoms with Crippen LogP contribution in [0.25, 0.3) is 0 Å². The van der Waals surface area contributed by atoms with Crippen LogP contribution in [-0.4, -0.2) is 82.9 Å².